The number of nitrogens with one attached hydrogen (secondary N) is 1. The molecule has 0 aromatic carbocycles. The molecule has 0 fully saturated rings. The third-order valence-electron chi connectivity index (χ3n) is 3.18. The van der Waals surface area contributed by atoms with Crippen LogP contribution in [0.4, 0.5) is 10.9 Å². The average Bonchev–Trinajstić information content (AvgIpc) is 3.06. The van der Waals surface area contributed by atoms with Gasteiger partial charge in [-0.25, -0.2) is 19.7 Å². The third kappa shape index (κ3) is 2.67. The number of ether oxygens (including phenoxy) is 1. The molecule has 0 unspecified atom stereocenters. The molecule has 0 aliphatic heterocycles. The van der Waals surface area contributed by atoms with Crippen molar-refractivity contribution in [1.29, 1.82) is 0 Å². The van der Waals surface area contributed by atoms with Crippen molar-refractivity contribution in [2.75, 3.05) is 11.9 Å². The van der Waals surface area contributed by atoms with Gasteiger partial charge in [0.1, 0.15) is 17.0 Å². The summed E-state index contributed by atoms with van der Waals surface area (Å²) in [5.41, 5.74) is 1.46. The van der Waals surface area contributed by atoms with Crippen molar-refractivity contribution in [3.05, 3.63) is 27.8 Å². The van der Waals surface area contributed by atoms with Crippen LogP contribution in [0, 0.1) is 13.8 Å². The van der Waals surface area contributed by atoms with Crippen LogP contribution in [0.5, 0.6) is 0 Å². The van der Waals surface area contributed by atoms with E-state index in [1.54, 1.807) is 23.6 Å². The number of rotatable bonds is 4. The smallest absolute Gasteiger partial charge is 0.357 e. The summed E-state index contributed by atoms with van der Waals surface area (Å²) in [6, 6.07) is 0. The predicted molar refractivity (Wildman–Crippen MR) is 88.2 cm³/mol. The summed E-state index contributed by atoms with van der Waals surface area (Å²) in [5, 5.41) is 6.45. The van der Waals surface area contributed by atoms with E-state index in [2.05, 4.69) is 34.1 Å². The Morgan fingerprint density at radius 3 is 2.95 bits per heavy atom. The number of nitrogens with zero attached hydrogens (tertiary/aromatic N) is 3. The molecule has 3 aromatic heterocycles. The summed E-state index contributed by atoms with van der Waals surface area (Å²) in [4.78, 5) is 26.6. The number of anilines is 2. The summed E-state index contributed by atoms with van der Waals surface area (Å²) in [6.45, 7) is 6.21. The lowest BCUT2D eigenvalue weighted by Crippen LogP contribution is -2.05. The number of aryl methyl sites for hydroxylation is 2. The Kier molecular flexibility index (Phi) is 4.04. The molecule has 22 heavy (non-hydrogen) atoms. The van der Waals surface area contributed by atoms with Crippen LogP contribution in [0.1, 0.15) is 27.9 Å². The highest BCUT2D eigenvalue weighted by molar-refractivity contribution is 7.18. The molecule has 0 atom stereocenters. The van der Waals surface area contributed by atoms with E-state index in [1.165, 1.54) is 22.5 Å². The number of fused-ring (bicyclic) bond motifs is 1. The van der Waals surface area contributed by atoms with Gasteiger partial charge in [-0.3, -0.25) is 0 Å². The lowest BCUT2D eigenvalue weighted by atomic mass is 10.2. The van der Waals surface area contributed by atoms with E-state index >= 15 is 0 Å². The molecule has 0 spiro atoms. The zero-order valence-electron chi connectivity index (χ0n) is 12.3. The molecule has 0 saturated carbocycles. The van der Waals surface area contributed by atoms with E-state index in [0.29, 0.717) is 23.3 Å². The second-order valence-electron chi connectivity index (χ2n) is 4.57. The summed E-state index contributed by atoms with van der Waals surface area (Å²) in [5.74, 6) is 0.291. The lowest BCUT2D eigenvalue weighted by molar-refractivity contribution is 0.0520. The van der Waals surface area contributed by atoms with Crippen LogP contribution in [-0.2, 0) is 4.74 Å². The molecule has 3 aromatic rings. The maximum atomic E-state index is 11.7. The minimum atomic E-state index is -0.415. The minimum absolute atomic E-state index is 0.304. The molecule has 8 heteroatoms. The van der Waals surface area contributed by atoms with E-state index in [9.17, 15) is 4.79 Å². The summed E-state index contributed by atoms with van der Waals surface area (Å²) in [7, 11) is 0. The van der Waals surface area contributed by atoms with Crippen molar-refractivity contribution in [2.45, 2.75) is 20.8 Å². The number of aromatic nitrogens is 3. The first kappa shape index (κ1) is 14.9. The highest BCUT2D eigenvalue weighted by Crippen LogP contribution is 2.34. The highest BCUT2D eigenvalue weighted by atomic mass is 32.1. The van der Waals surface area contributed by atoms with Crippen LogP contribution in [0.2, 0.25) is 0 Å². The largest absolute Gasteiger partial charge is 0.461 e. The van der Waals surface area contributed by atoms with Crippen molar-refractivity contribution in [3.8, 4) is 0 Å². The molecule has 0 bridgehead atoms. The van der Waals surface area contributed by atoms with Gasteiger partial charge >= 0.3 is 5.97 Å². The quantitative estimate of drug-likeness (QED) is 0.733. The molecule has 0 aliphatic carbocycles. The number of esters is 1. The first-order valence-corrected chi connectivity index (χ1v) is 8.40. The molecular formula is C14H14N4O2S2. The van der Waals surface area contributed by atoms with Gasteiger partial charge in [-0.1, -0.05) is 0 Å². The molecule has 1 N–H and O–H groups in total. The van der Waals surface area contributed by atoms with Crippen molar-refractivity contribution < 1.29 is 9.53 Å². The monoisotopic (exact) mass is 334 g/mol. The van der Waals surface area contributed by atoms with Crippen molar-refractivity contribution in [1.82, 2.24) is 15.0 Å². The van der Waals surface area contributed by atoms with Gasteiger partial charge in [0.15, 0.2) is 10.8 Å². The number of hydrogen-bond donors (Lipinski definition) is 1. The van der Waals surface area contributed by atoms with Gasteiger partial charge < -0.3 is 10.1 Å². The second kappa shape index (κ2) is 5.98. The first-order chi connectivity index (χ1) is 10.6. The molecule has 114 valence electrons. The maximum Gasteiger partial charge on any atom is 0.357 e. The average molecular weight is 334 g/mol. The van der Waals surface area contributed by atoms with Crippen LogP contribution in [0.3, 0.4) is 0 Å². The zero-order valence-corrected chi connectivity index (χ0v) is 14.0. The number of thiophene rings is 1. The van der Waals surface area contributed by atoms with Gasteiger partial charge in [-0.2, -0.15) is 0 Å². The summed E-state index contributed by atoms with van der Waals surface area (Å²) in [6.07, 6.45) is 1.53. The van der Waals surface area contributed by atoms with E-state index < -0.39 is 5.97 Å². The fourth-order valence-corrected chi connectivity index (χ4v) is 3.68. The Balaban J connectivity index is 1.92. The zero-order chi connectivity index (χ0) is 15.7. The van der Waals surface area contributed by atoms with Gasteiger partial charge in [-0.05, 0) is 26.3 Å². The number of thiazole rings is 1. The van der Waals surface area contributed by atoms with E-state index in [4.69, 9.17) is 4.74 Å². The third-order valence-corrected chi connectivity index (χ3v) is 5.05. The van der Waals surface area contributed by atoms with Gasteiger partial charge in [0.2, 0.25) is 0 Å². The SMILES string of the molecule is CCOC(=O)c1csc(Nc2ncnc3sc(C)c(C)c23)n1. The van der Waals surface area contributed by atoms with Crippen molar-refractivity contribution in [2.24, 2.45) is 0 Å². The fourth-order valence-electron chi connectivity index (χ4n) is 2.01. The van der Waals surface area contributed by atoms with Crippen LogP contribution in [-0.4, -0.2) is 27.5 Å². The number of carbonyl (C=O) groups is 1. The number of hydrogen-bond acceptors (Lipinski definition) is 8. The van der Waals surface area contributed by atoms with E-state index in [-0.39, 0.29) is 0 Å². The van der Waals surface area contributed by atoms with Gasteiger partial charge in [0, 0.05) is 10.3 Å². The van der Waals surface area contributed by atoms with Crippen LogP contribution in [0.15, 0.2) is 11.7 Å². The Morgan fingerprint density at radius 2 is 2.18 bits per heavy atom. The lowest BCUT2D eigenvalue weighted by Gasteiger charge is -2.03. The standard InChI is InChI=1S/C14H14N4O2S2/c1-4-20-13(19)9-5-21-14(17-9)18-11-10-7(2)8(3)22-12(10)16-6-15-11/h5-6H,4H2,1-3H3,(H,15,16,17,18). The fraction of sp³-hybridized carbons (Fsp3) is 0.286. The Hall–Kier alpha value is -2.06. The topological polar surface area (TPSA) is 77.0 Å². The molecular weight excluding hydrogens is 320 g/mol. The van der Waals surface area contributed by atoms with Crippen molar-refractivity contribution >= 4 is 49.8 Å². The molecule has 0 radical (unpaired) electrons. The molecule has 3 rings (SSSR count). The van der Waals surface area contributed by atoms with Gasteiger partial charge in [-0.15, -0.1) is 22.7 Å². The molecule has 3 heterocycles. The maximum absolute atomic E-state index is 11.7. The van der Waals surface area contributed by atoms with Crippen LogP contribution >= 0.6 is 22.7 Å². The van der Waals surface area contributed by atoms with Crippen LogP contribution < -0.4 is 5.32 Å². The van der Waals surface area contributed by atoms with Crippen molar-refractivity contribution in [3.63, 3.8) is 0 Å². The molecule has 0 saturated heterocycles. The summed E-state index contributed by atoms with van der Waals surface area (Å²) >= 11 is 2.98. The van der Waals surface area contributed by atoms with Gasteiger partial charge in [0.05, 0.1) is 12.0 Å². The Bertz CT molecular complexity index is 841. The molecule has 6 nitrogen and oxygen atoms in total. The second-order valence-corrected chi connectivity index (χ2v) is 6.63. The highest BCUT2D eigenvalue weighted by Gasteiger charge is 2.15. The van der Waals surface area contributed by atoms with Gasteiger partial charge in [0.25, 0.3) is 0 Å². The number of carbonyl (C=O) groups excluding carboxylic acids is 1. The minimum Gasteiger partial charge on any atom is -0.461 e. The van der Waals surface area contributed by atoms with E-state index in [1.807, 2.05) is 0 Å². The molecule has 0 amide bonds. The normalized spacial score (nSPS) is 10.9. The van der Waals surface area contributed by atoms with Crippen LogP contribution in [0.25, 0.3) is 10.2 Å². The predicted octanol–water partition coefficient (Wildman–Crippen LogP) is 3.68. The Morgan fingerprint density at radius 1 is 1.36 bits per heavy atom. The summed E-state index contributed by atoms with van der Waals surface area (Å²) < 4.78 is 4.94. The Labute approximate surface area is 135 Å². The molecule has 0 aliphatic rings. The van der Waals surface area contributed by atoms with E-state index in [0.717, 1.165) is 15.8 Å². The first-order valence-electron chi connectivity index (χ1n) is 6.70.